The maximum atomic E-state index is 14.0. The summed E-state index contributed by atoms with van der Waals surface area (Å²) in [5, 5.41) is 2.98. The van der Waals surface area contributed by atoms with Crippen LogP contribution in [-0.2, 0) is 22.9 Å². The van der Waals surface area contributed by atoms with E-state index in [0.717, 1.165) is 13.1 Å². The van der Waals surface area contributed by atoms with Crippen LogP contribution in [0, 0.1) is 11.8 Å². The minimum atomic E-state index is -3.46. The van der Waals surface area contributed by atoms with Crippen LogP contribution in [0.15, 0.2) is 0 Å². The fraction of sp³-hybridized carbons (Fsp3) is 0.778. The zero-order valence-electron chi connectivity index (χ0n) is 16.7. The molecular formula is C18H28F2N6O2S. The Morgan fingerprint density at radius 3 is 2.62 bits per heavy atom. The lowest BCUT2D eigenvalue weighted by atomic mass is 9.93. The predicted octanol–water partition coefficient (Wildman–Crippen LogP) is 0.734. The first-order valence-corrected chi connectivity index (χ1v) is 11.7. The zero-order valence-corrected chi connectivity index (χ0v) is 17.5. The second kappa shape index (κ2) is 7.28. The molecular weight excluding hydrogens is 402 g/mol. The first kappa shape index (κ1) is 20.7. The van der Waals surface area contributed by atoms with E-state index in [1.807, 2.05) is 4.90 Å². The first-order valence-electron chi connectivity index (χ1n) is 10.1. The summed E-state index contributed by atoms with van der Waals surface area (Å²) in [6, 6.07) is 0.0314. The summed E-state index contributed by atoms with van der Waals surface area (Å²) >= 11 is 0. The predicted molar refractivity (Wildman–Crippen MR) is 107 cm³/mol. The van der Waals surface area contributed by atoms with Crippen LogP contribution >= 0.6 is 0 Å². The van der Waals surface area contributed by atoms with Gasteiger partial charge in [0, 0.05) is 50.1 Å². The summed E-state index contributed by atoms with van der Waals surface area (Å²) in [5.41, 5.74) is 7.01. The molecule has 4 rings (SSSR count). The Kier molecular flexibility index (Phi) is 5.19. The number of anilines is 2. The van der Waals surface area contributed by atoms with Crippen LogP contribution in [0.2, 0.25) is 0 Å². The van der Waals surface area contributed by atoms with Gasteiger partial charge in [0.1, 0.15) is 5.82 Å². The van der Waals surface area contributed by atoms with Crippen molar-refractivity contribution in [2.24, 2.45) is 17.6 Å². The van der Waals surface area contributed by atoms with E-state index in [9.17, 15) is 17.2 Å². The van der Waals surface area contributed by atoms with E-state index in [2.05, 4.69) is 20.0 Å². The second-order valence-corrected chi connectivity index (χ2v) is 10.5. The maximum Gasteiger partial charge on any atom is 0.252 e. The number of nitrogens with two attached hydrogens (primary N) is 1. The zero-order chi connectivity index (χ0) is 21.0. The molecule has 1 saturated carbocycles. The molecule has 0 amide bonds. The average Bonchev–Trinajstić information content (AvgIpc) is 3.02. The van der Waals surface area contributed by atoms with Crippen LogP contribution in [-0.4, -0.2) is 61.8 Å². The molecule has 0 bridgehead atoms. The average molecular weight is 431 g/mol. The van der Waals surface area contributed by atoms with Gasteiger partial charge in [-0.25, -0.2) is 26.9 Å². The third-order valence-corrected chi connectivity index (χ3v) is 7.44. The van der Waals surface area contributed by atoms with E-state index >= 15 is 0 Å². The number of halogens is 2. The van der Waals surface area contributed by atoms with Gasteiger partial charge in [-0.2, -0.15) is 4.98 Å². The van der Waals surface area contributed by atoms with Gasteiger partial charge in [-0.1, -0.05) is 0 Å². The van der Waals surface area contributed by atoms with Crippen molar-refractivity contribution in [1.29, 1.82) is 0 Å². The molecule has 162 valence electrons. The lowest BCUT2D eigenvalue weighted by Gasteiger charge is -2.28. The van der Waals surface area contributed by atoms with Crippen molar-refractivity contribution in [3.63, 3.8) is 0 Å². The van der Waals surface area contributed by atoms with Crippen LogP contribution in [0.4, 0.5) is 20.5 Å². The van der Waals surface area contributed by atoms with Gasteiger partial charge in [-0.15, -0.1) is 0 Å². The SMILES string of the molecule is CC(C)NS(=O)(=O)CCNc1nc(N2CC3C(N)C3C2)nc2c1CC(F)(F)CC2. The van der Waals surface area contributed by atoms with Gasteiger partial charge in [-0.05, 0) is 32.1 Å². The minimum Gasteiger partial charge on any atom is -0.369 e. The van der Waals surface area contributed by atoms with Gasteiger partial charge < -0.3 is 16.0 Å². The quantitative estimate of drug-likeness (QED) is 0.585. The van der Waals surface area contributed by atoms with E-state index in [4.69, 9.17) is 5.73 Å². The highest BCUT2D eigenvalue weighted by molar-refractivity contribution is 7.89. The van der Waals surface area contributed by atoms with Crippen LogP contribution in [0.5, 0.6) is 0 Å². The van der Waals surface area contributed by atoms with Crippen molar-refractivity contribution in [2.75, 3.05) is 35.6 Å². The van der Waals surface area contributed by atoms with Gasteiger partial charge in [0.25, 0.3) is 5.92 Å². The van der Waals surface area contributed by atoms with E-state index in [-0.39, 0.29) is 37.2 Å². The first-order chi connectivity index (χ1) is 13.5. The minimum absolute atomic E-state index is 0.0760. The number of alkyl halides is 2. The Hall–Kier alpha value is -1.59. The molecule has 2 aliphatic carbocycles. The summed E-state index contributed by atoms with van der Waals surface area (Å²) in [4.78, 5) is 11.1. The molecule has 29 heavy (non-hydrogen) atoms. The number of fused-ring (bicyclic) bond motifs is 2. The van der Waals surface area contributed by atoms with Crippen molar-refractivity contribution >= 4 is 21.8 Å². The third-order valence-electron chi connectivity index (χ3n) is 5.87. The van der Waals surface area contributed by atoms with Gasteiger partial charge in [-0.3, -0.25) is 0 Å². The molecule has 0 radical (unpaired) electrons. The smallest absolute Gasteiger partial charge is 0.252 e. The highest BCUT2D eigenvalue weighted by atomic mass is 32.2. The molecule has 2 heterocycles. The Morgan fingerprint density at radius 1 is 1.28 bits per heavy atom. The molecule has 4 N–H and O–H groups in total. The van der Waals surface area contributed by atoms with Crippen molar-refractivity contribution in [3.05, 3.63) is 11.3 Å². The van der Waals surface area contributed by atoms with E-state index in [1.165, 1.54) is 0 Å². The van der Waals surface area contributed by atoms with Gasteiger partial charge in [0.15, 0.2) is 0 Å². The summed E-state index contributed by atoms with van der Waals surface area (Å²) in [6.45, 7) is 5.10. The number of aromatic nitrogens is 2. The molecule has 8 nitrogen and oxygen atoms in total. The molecule has 1 aromatic rings. The molecule has 1 saturated heterocycles. The standard InChI is InChI=1S/C18H28F2N6O2S/c1-10(2)25-29(27,28)6-5-22-16-11-7-18(19,20)4-3-14(11)23-17(24-16)26-8-12-13(9-26)15(12)21/h10,12-13,15,25H,3-9,21H2,1-2H3,(H,22,23,24). The fourth-order valence-corrected chi connectivity index (χ4v) is 5.51. The van der Waals surface area contributed by atoms with Crippen molar-refractivity contribution < 1.29 is 17.2 Å². The van der Waals surface area contributed by atoms with Crippen molar-refractivity contribution in [3.8, 4) is 0 Å². The Bertz CT molecular complexity index is 883. The van der Waals surface area contributed by atoms with Crippen LogP contribution in [0.25, 0.3) is 0 Å². The monoisotopic (exact) mass is 430 g/mol. The highest BCUT2D eigenvalue weighted by Crippen LogP contribution is 2.45. The normalized spacial score (nSPS) is 27.7. The third kappa shape index (κ3) is 4.46. The molecule has 11 heteroatoms. The Morgan fingerprint density at radius 2 is 1.97 bits per heavy atom. The molecule has 2 fully saturated rings. The van der Waals surface area contributed by atoms with Gasteiger partial charge in [0.2, 0.25) is 16.0 Å². The topological polar surface area (TPSA) is 113 Å². The van der Waals surface area contributed by atoms with Gasteiger partial charge >= 0.3 is 0 Å². The molecule has 2 atom stereocenters. The lowest BCUT2D eigenvalue weighted by molar-refractivity contribution is -0.0127. The number of nitrogens with one attached hydrogen (secondary N) is 2. The highest BCUT2D eigenvalue weighted by Gasteiger charge is 2.54. The molecule has 1 aliphatic heterocycles. The van der Waals surface area contributed by atoms with Gasteiger partial charge in [0.05, 0.1) is 11.4 Å². The fourth-order valence-electron chi connectivity index (χ4n) is 4.30. The van der Waals surface area contributed by atoms with E-state index in [0.29, 0.717) is 34.9 Å². The number of piperidine rings is 1. The Labute approximate surface area is 169 Å². The summed E-state index contributed by atoms with van der Waals surface area (Å²) in [5.74, 6) is -1.25. The number of sulfonamides is 1. The molecule has 1 aromatic heterocycles. The lowest BCUT2D eigenvalue weighted by Crippen LogP contribution is -2.35. The molecule has 0 spiro atoms. The number of aryl methyl sites for hydroxylation is 1. The molecule has 2 unspecified atom stereocenters. The second-order valence-electron chi connectivity index (χ2n) is 8.66. The van der Waals surface area contributed by atoms with Crippen molar-refractivity contribution in [2.45, 2.75) is 51.1 Å². The van der Waals surface area contributed by atoms with Crippen molar-refractivity contribution in [1.82, 2.24) is 14.7 Å². The molecule has 0 aromatic carbocycles. The van der Waals surface area contributed by atoms with E-state index < -0.39 is 22.4 Å². The van der Waals surface area contributed by atoms with E-state index in [1.54, 1.807) is 13.8 Å². The number of hydrogen-bond donors (Lipinski definition) is 3. The maximum absolute atomic E-state index is 14.0. The summed E-state index contributed by atoms with van der Waals surface area (Å²) < 4.78 is 54.6. The number of rotatable bonds is 7. The number of hydrogen-bond acceptors (Lipinski definition) is 7. The summed E-state index contributed by atoms with van der Waals surface area (Å²) in [7, 11) is -3.46. The summed E-state index contributed by atoms with van der Waals surface area (Å²) in [6.07, 6.45) is -0.489. The largest absolute Gasteiger partial charge is 0.369 e. The molecule has 3 aliphatic rings. The number of nitrogens with zero attached hydrogens (tertiary/aromatic N) is 3. The van der Waals surface area contributed by atoms with Crippen LogP contribution in [0.1, 0.15) is 31.5 Å². The Balaban J connectivity index is 1.53. The van der Waals surface area contributed by atoms with Crippen LogP contribution in [0.3, 0.4) is 0 Å². The van der Waals surface area contributed by atoms with Crippen LogP contribution < -0.4 is 20.7 Å².